The SMILES string of the molecule is O=C(NC[C@@H](O)c1ccc(Cl)cc1Cl)[C@H]1CSCN1. The summed E-state index contributed by atoms with van der Waals surface area (Å²) >= 11 is 13.5. The summed E-state index contributed by atoms with van der Waals surface area (Å²) in [6.07, 6.45) is -0.845. The van der Waals surface area contributed by atoms with Gasteiger partial charge in [0, 0.05) is 33.8 Å². The van der Waals surface area contributed by atoms with Gasteiger partial charge in [-0.2, -0.15) is 0 Å². The van der Waals surface area contributed by atoms with Gasteiger partial charge < -0.3 is 10.4 Å². The highest BCUT2D eigenvalue weighted by Crippen LogP contribution is 2.25. The van der Waals surface area contributed by atoms with Crippen molar-refractivity contribution in [3.05, 3.63) is 33.8 Å². The summed E-state index contributed by atoms with van der Waals surface area (Å²) < 4.78 is 0. The molecule has 1 saturated heterocycles. The van der Waals surface area contributed by atoms with E-state index in [4.69, 9.17) is 23.2 Å². The molecule has 0 bridgehead atoms. The van der Waals surface area contributed by atoms with Gasteiger partial charge in [0.05, 0.1) is 12.1 Å². The first-order valence-corrected chi connectivity index (χ1v) is 7.71. The number of rotatable bonds is 4. The fourth-order valence-electron chi connectivity index (χ4n) is 1.77. The second-order valence-corrected chi connectivity index (χ2v) is 6.07. The van der Waals surface area contributed by atoms with Crippen molar-refractivity contribution in [2.45, 2.75) is 12.1 Å². The Morgan fingerprint density at radius 2 is 2.37 bits per heavy atom. The van der Waals surface area contributed by atoms with Crippen molar-refractivity contribution in [2.24, 2.45) is 0 Å². The van der Waals surface area contributed by atoms with E-state index in [-0.39, 0.29) is 18.5 Å². The normalized spacial score (nSPS) is 20.3. The van der Waals surface area contributed by atoms with Gasteiger partial charge in [-0.05, 0) is 12.1 Å². The lowest BCUT2D eigenvalue weighted by molar-refractivity contribution is -0.122. The molecule has 1 amide bonds. The number of nitrogens with one attached hydrogen (secondary N) is 2. The predicted octanol–water partition coefficient (Wildman–Crippen LogP) is 1.81. The molecule has 1 aromatic rings. The van der Waals surface area contributed by atoms with Crippen LogP contribution >= 0.6 is 35.0 Å². The van der Waals surface area contributed by atoms with Crippen LogP contribution in [0.1, 0.15) is 11.7 Å². The Balaban J connectivity index is 1.89. The van der Waals surface area contributed by atoms with Crippen LogP contribution in [0.5, 0.6) is 0 Å². The Bertz CT molecular complexity index is 467. The Labute approximate surface area is 125 Å². The first-order chi connectivity index (χ1) is 9.08. The van der Waals surface area contributed by atoms with Crippen molar-refractivity contribution in [1.82, 2.24) is 10.6 Å². The molecule has 1 aromatic carbocycles. The lowest BCUT2D eigenvalue weighted by atomic mass is 10.1. The molecule has 0 unspecified atom stereocenters. The van der Waals surface area contributed by atoms with E-state index in [0.29, 0.717) is 15.6 Å². The highest BCUT2D eigenvalue weighted by molar-refractivity contribution is 7.99. The van der Waals surface area contributed by atoms with E-state index in [9.17, 15) is 9.90 Å². The summed E-state index contributed by atoms with van der Waals surface area (Å²) in [7, 11) is 0. The van der Waals surface area contributed by atoms with Crippen LogP contribution in [0.15, 0.2) is 18.2 Å². The molecule has 0 radical (unpaired) electrons. The molecule has 1 aliphatic rings. The topological polar surface area (TPSA) is 61.4 Å². The zero-order valence-corrected chi connectivity index (χ0v) is 12.4. The smallest absolute Gasteiger partial charge is 0.238 e. The minimum atomic E-state index is -0.845. The van der Waals surface area contributed by atoms with Crippen LogP contribution in [-0.2, 0) is 4.79 Å². The maximum absolute atomic E-state index is 11.8. The van der Waals surface area contributed by atoms with E-state index in [1.54, 1.807) is 30.0 Å². The number of hydrogen-bond acceptors (Lipinski definition) is 4. The molecule has 0 aliphatic carbocycles. The van der Waals surface area contributed by atoms with Crippen LogP contribution in [-0.4, -0.2) is 35.2 Å². The van der Waals surface area contributed by atoms with E-state index in [0.717, 1.165) is 11.6 Å². The molecule has 2 rings (SSSR count). The van der Waals surface area contributed by atoms with Crippen molar-refractivity contribution < 1.29 is 9.90 Å². The molecule has 104 valence electrons. The monoisotopic (exact) mass is 320 g/mol. The van der Waals surface area contributed by atoms with Crippen LogP contribution in [0.25, 0.3) is 0 Å². The van der Waals surface area contributed by atoms with Gasteiger partial charge in [0.1, 0.15) is 0 Å². The number of benzene rings is 1. The highest BCUT2D eigenvalue weighted by atomic mass is 35.5. The Kier molecular flexibility index (Phi) is 5.36. The summed E-state index contributed by atoms with van der Waals surface area (Å²) in [5.41, 5.74) is 0.556. The molecule has 0 aromatic heterocycles. The Morgan fingerprint density at radius 3 is 3.00 bits per heavy atom. The van der Waals surface area contributed by atoms with Crippen LogP contribution in [0.3, 0.4) is 0 Å². The Morgan fingerprint density at radius 1 is 1.58 bits per heavy atom. The van der Waals surface area contributed by atoms with Crippen molar-refractivity contribution in [1.29, 1.82) is 0 Å². The molecule has 3 N–H and O–H groups in total. The molecule has 2 atom stereocenters. The minimum absolute atomic E-state index is 0.103. The summed E-state index contributed by atoms with van der Waals surface area (Å²) in [5, 5.41) is 16.7. The number of amides is 1. The summed E-state index contributed by atoms with van der Waals surface area (Å²) in [4.78, 5) is 11.8. The number of hydrogen-bond donors (Lipinski definition) is 3. The van der Waals surface area contributed by atoms with E-state index >= 15 is 0 Å². The van der Waals surface area contributed by atoms with Gasteiger partial charge in [0.2, 0.25) is 5.91 Å². The van der Waals surface area contributed by atoms with Crippen LogP contribution < -0.4 is 10.6 Å². The quantitative estimate of drug-likeness (QED) is 0.791. The standard InChI is InChI=1S/C12H14Cl2N2O2S/c13-7-1-2-8(9(14)3-7)11(17)4-15-12(18)10-5-19-6-16-10/h1-3,10-11,16-17H,4-6H2,(H,15,18)/t10-,11-/m1/s1. The Hall–Kier alpha value is -0.460. The van der Waals surface area contributed by atoms with Gasteiger partial charge in [-0.25, -0.2) is 0 Å². The molecule has 19 heavy (non-hydrogen) atoms. The van der Waals surface area contributed by atoms with Crippen molar-refractivity contribution in [3.8, 4) is 0 Å². The van der Waals surface area contributed by atoms with Gasteiger partial charge in [-0.1, -0.05) is 29.3 Å². The van der Waals surface area contributed by atoms with E-state index in [2.05, 4.69) is 10.6 Å². The first-order valence-electron chi connectivity index (χ1n) is 5.80. The molecule has 0 saturated carbocycles. The molecule has 1 aliphatic heterocycles. The first kappa shape index (κ1) is 14.9. The third kappa shape index (κ3) is 4.00. The molecule has 1 heterocycles. The van der Waals surface area contributed by atoms with E-state index in [1.165, 1.54) is 0 Å². The van der Waals surface area contributed by atoms with Crippen LogP contribution in [0.4, 0.5) is 0 Å². The zero-order valence-electron chi connectivity index (χ0n) is 10.0. The number of halogens is 2. The maximum Gasteiger partial charge on any atom is 0.238 e. The molecule has 7 heteroatoms. The second kappa shape index (κ2) is 6.81. The van der Waals surface area contributed by atoms with Gasteiger partial charge in [-0.15, -0.1) is 11.8 Å². The molecule has 4 nitrogen and oxygen atoms in total. The van der Waals surface area contributed by atoms with Crippen molar-refractivity contribution >= 4 is 40.9 Å². The molecule has 0 spiro atoms. The molecule has 1 fully saturated rings. The molecular formula is C12H14Cl2N2O2S. The lowest BCUT2D eigenvalue weighted by Gasteiger charge is -2.16. The fraction of sp³-hybridized carbons (Fsp3) is 0.417. The van der Waals surface area contributed by atoms with Crippen molar-refractivity contribution in [3.63, 3.8) is 0 Å². The van der Waals surface area contributed by atoms with Crippen LogP contribution in [0, 0.1) is 0 Å². The minimum Gasteiger partial charge on any atom is -0.387 e. The van der Waals surface area contributed by atoms with Crippen molar-refractivity contribution in [2.75, 3.05) is 18.2 Å². The number of thioether (sulfide) groups is 1. The molecular weight excluding hydrogens is 307 g/mol. The third-order valence-corrected chi connectivity index (χ3v) is 4.33. The summed E-state index contributed by atoms with van der Waals surface area (Å²) in [6.45, 7) is 0.128. The van der Waals surface area contributed by atoms with Gasteiger partial charge in [-0.3, -0.25) is 10.1 Å². The predicted molar refractivity (Wildman–Crippen MR) is 78.7 cm³/mol. The van der Waals surface area contributed by atoms with Gasteiger partial charge in [0.15, 0.2) is 0 Å². The third-order valence-electron chi connectivity index (χ3n) is 2.82. The van der Waals surface area contributed by atoms with Crippen LogP contribution in [0.2, 0.25) is 10.0 Å². The zero-order chi connectivity index (χ0) is 13.8. The maximum atomic E-state index is 11.8. The highest BCUT2D eigenvalue weighted by Gasteiger charge is 2.23. The number of carbonyl (C=O) groups excluding carboxylic acids is 1. The lowest BCUT2D eigenvalue weighted by Crippen LogP contribution is -2.43. The van der Waals surface area contributed by atoms with E-state index < -0.39 is 6.10 Å². The van der Waals surface area contributed by atoms with Gasteiger partial charge >= 0.3 is 0 Å². The summed E-state index contributed by atoms with van der Waals surface area (Å²) in [5.74, 6) is 1.43. The average molecular weight is 321 g/mol. The number of aliphatic hydroxyl groups excluding tert-OH is 1. The van der Waals surface area contributed by atoms with E-state index in [1.807, 2.05) is 0 Å². The largest absolute Gasteiger partial charge is 0.387 e. The van der Waals surface area contributed by atoms with Gasteiger partial charge in [0.25, 0.3) is 0 Å². The second-order valence-electron chi connectivity index (χ2n) is 4.20. The number of aliphatic hydroxyl groups is 1. The average Bonchev–Trinajstić information content (AvgIpc) is 2.89. The number of carbonyl (C=O) groups is 1. The fourth-order valence-corrected chi connectivity index (χ4v) is 3.24. The summed E-state index contributed by atoms with van der Waals surface area (Å²) in [6, 6.07) is 4.70.